The molecule has 0 aliphatic rings. The van der Waals surface area contributed by atoms with Crippen LogP contribution in [0.4, 0.5) is 0 Å². The summed E-state index contributed by atoms with van der Waals surface area (Å²) in [5.41, 5.74) is 3.31. The minimum absolute atomic E-state index is 0.0703. The molecule has 2 aromatic rings. The third-order valence-corrected chi connectivity index (χ3v) is 6.55. The number of halogens is 1. The maximum atomic E-state index is 3.49. The van der Waals surface area contributed by atoms with Gasteiger partial charge >= 0.3 is 21.2 Å². The maximum absolute atomic E-state index is 3.49. The fourth-order valence-corrected chi connectivity index (χ4v) is 4.31. The fourth-order valence-electron chi connectivity index (χ4n) is 2.15. The molecule has 0 atom stereocenters. The molecular weight excluding hydrogens is 417 g/mol. The van der Waals surface area contributed by atoms with Crippen molar-refractivity contribution in [1.82, 2.24) is 0 Å². The van der Waals surface area contributed by atoms with E-state index < -0.39 is 0 Å². The summed E-state index contributed by atoms with van der Waals surface area (Å²) in [5, 5.41) is 0. The van der Waals surface area contributed by atoms with E-state index in [0.29, 0.717) is 0 Å². The number of benzene rings is 2. The highest BCUT2D eigenvalue weighted by atomic mass is 127. The van der Waals surface area contributed by atoms with Crippen LogP contribution < -0.4 is 21.2 Å². The lowest BCUT2D eigenvalue weighted by atomic mass is 9.87. The molecule has 25 heavy (non-hydrogen) atoms. The summed E-state index contributed by atoms with van der Waals surface area (Å²) < 4.78 is 2.98. The zero-order valence-corrected chi connectivity index (χ0v) is 19.1. The van der Waals surface area contributed by atoms with Crippen molar-refractivity contribution < 1.29 is 21.2 Å². The molecule has 2 aromatic carbocycles. The molecule has 0 spiro atoms. The van der Waals surface area contributed by atoms with Crippen LogP contribution in [0.3, 0.4) is 0 Å². The molecule has 0 fully saturated rings. The molecule has 134 valence electrons. The third-order valence-electron chi connectivity index (χ3n) is 3.86. The topological polar surface area (TPSA) is 4.36 Å². The van der Waals surface area contributed by atoms with Crippen LogP contribution in [0.5, 0.6) is 0 Å². The second-order valence-electron chi connectivity index (χ2n) is 8.06. The van der Waals surface area contributed by atoms with E-state index in [1.54, 1.807) is 14.0 Å². The van der Waals surface area contributed by atoms with Crippen LogP contribution in [-0.4, -0.2) is 7.05 Å². The van der Waals surface area contributed by atoms with E-state index in [1.165, 1.54) is 18.3 Å². The lowest BCUT2D eigenvalue weighted by molar-refractivity contribution is -0.597. The predicted octanol–water partition coefficient (Wildman–Crippen LogP) is 3.38. The minimum Gasteiger partial charge on any atom is -0.0873 e. The van der Waals surface area contributed by atoms with Crippen LogP contribution in [0.15, 0.2) is 48.5 Å². The summed E-state index contributed by atoms with van der Waals surface area (Å²) in [6.45, 7) is 15.4. The van der Waals surface area contributed by atoms with Gasteiger partial charge in [0.2, 0.25) is 0 Å². The van der Waals surface area contributed by atoms with Crippen LogP contribution in [0.2, 0.25) is 0 Å². The normalized spacial score (nSPS) is 11.0. The van der Waals surface area contributed by atoms with E-state index in [-0.39, 0.29) is 32.0 Å². The van der Waals surface area contributed by atoms with Gasteiger partial charge in [0.15, 0.2) is 7.14 Å². The molecule has 0 saturated carbocycles. The molecule has 0 N–H and O–H groups in total. The number of nitrogens with zero attached hydrogens (tertiary/aromatic N) is 1. The molecule has 0 aliphatic heterocycles. The summed E-state index contributed by atoms with van der Waals surface area (Å²) in [6.07, 6.45) is 0. The van der Waals surface area contributed by atoms with Crippen LogP contribution in [0.25, 0.3) is 4.85 Å². The van der Waals surface area contributed by atoms with Crippen molar-refractivity contribution in [1.29, 1.82) is 0 Å². The summed E-state index contributed by atoms with van der Waals surface area (Å²) in [4.78, 5) is 3.49. The van der Waals surface area contributed by atoms with Crippen molar-refractivity contribution >= 4 is 0 Å². The van der Waals surface area contributed by atoms with Gasteiger partial charge < -0.3 is 0 Å². The van der Waals surface area contributed by atoms with Crippen LogP contribution in [0.1, 0.15) is 59.6 Å². The molecule has 0 aromatic heterocycles. The van der Waals surface area contributed by atoms with E-state index in [4.69, 9.17) is 0 Å². The minimum atomic E-state index is -0.0703. The summed E-state index contributed by atoms with van der Waals surface area (Å²) in [5.74, 6) is 0. The first-order chi connectivity index (χ1) is 11.6. The second-order valence-corrected chi connectivity index (χ2v) is 11.1. The highest BCUT2D eigenvalue weighted by molar-refractivity contribution is 5.23. The Morgan fingerprint density at radius 1 is 0.680 bits per heavy atom. The molecular formula is C23H32IN+2. The average Bonchev–Trinajstić information content (AvgIpc) is 2.54. The van der Waals surface area contributed by atoms with E-state index in [0.717, 1.165) is 0 Å². The van der Waals surface area contributed by atoms with Gasteiger partial charge in [-0.25, -0.2) is 0 Å². The van der Waals surface area contributed by atoms with E-state index in [9.17, 15) is 0 Å². The number of rotatable bonds is 2. The Morgan fingerprint density at radius 2 is 0.960 bits per heavy atom. The average molecular weight is 449 g/mol. The van der Waals surface area contributed by atoms with Crippen molar-refractivity contribution in [2.24, 2.45) is 0 Å². The quantitative estimate of drug-likeness (QED) is 0.620. The highest BCUT2D eigenvalue weighted by Gasteiger charge is 2.20. The summed E-state index contributed by atoms with van der Waals surface area (Å²) >= 11 is -0.0703. The zero-order chi connectivity index (χ0) is 19.1. The van der Waals surface area contributed by atoms with Crippen molar-refractivity contribution in [2.45, 2.75) is 59.3 Å². The van der Waals surface area contributed by atoms with Gasteiger partial charge in [-0.05, 0) is 46.2 Å². The van der Waals surface area contributed by atoms with E-state index in [2.05, 4.69) is 101 Å². The smallest absolute Gasteiger partial charge is 0.0873 e. The molecule has 0 heterocycles. The molecule has 2 heteroatoms. The van der Waals surface area contributed by atoms with Gasteiger partial charge in [0.25, 0.3) is 13.1 Å². The van der Waals surface area contributed by atoms with Crippen molar-refractivity contribution in [2.75, 3.05) is 7.05 Å². The predicted molar refractivity (Wildman–Crippen MR) is 107 cm³/mol. The van der Waals surface area contributed by atoms with Crippen molar-refractivity contribution in [3.8, 4) is 6.07 Å². The first-order valence-corrected chi connectivity index (χ1v) is 10.8. The standard InChI is InChI=1S/C20H26I.C3H6N/c1-19(2,3)15-7-11-17(12-8-15)21-18-13-9-16(10-14-18)20(4,5)6;1-3-4-2/h7-14H,1-6H3;1-2H3/q2*+1. The van der Waals surface area contributed by atoms with Crippen molar-refractivity contribution in [3.05, 3.63) is 71.6 Å². The highest BCUT2D eigenvalue weighted by Crippen LogP contribution is 2.21. The van der Waals surface area contributed by atoms with Crippen LogP contribution >= 0.6 is 0 Å². The molecule has 0 saturated heterocycles. The SMILES string of the molecule is CC#[N+]C.CC(C)(C)c1ccc([I+]c2ccc(C(C)(C)C)cc2)cc1. The maximum Gasteiger partial charge on any atom is 0.357 e. The Kier molecular flexibility index (Phi) is 8.15. The molecule has 0 radical (unpaired) electrons. The van der Waals surface area contributed by atoms with Gasteiger partial charge in [-0.15, -0.1) is 0 Å². The van der Waals surface area contributed by atoms with E-state index >= 15 is 0 Å². The molecule has 2 rings (SSSR count). The summed E-state index contributed by atoms with van der Waals surface area (Å²) in [6, 6.07) is 21.0. The van der Waals surface area contributed by atoms with Gasteiger partial charge in [-0.1, -0.05) is 70.7 Å². The zero-order valence-electron chi connectivity index (χ0n) is 16.9. The Hall–Kier alpha value is -1.34. The second kappa shape index (κ2) is 9.38. The van der Waals surface area contributed by atoms with Gasteiger partial charge in [-0.2, -0.15) is 0 Å². The van der Waals surface area contributed by atoms with Gasteiger partial charge in [0, 0.05) is 0 Å². The number of hydrogen-bond donors (Lipinski definition) is 0. The first-order valence-electron chi connectivity index (χ1n) is 8.69. The Bertz CT molecular complexity index is 641. The first kappa shape index (κ1) is 21.7. The van der Waals surface area contributed by atoms with Crippen molar-refractivity contribution in [3.63, 3.8) is 0 Å². The van der Waals surface area contributed by atoms with Gasteiger partial charge in [0.1, 0.15) is 0 Å². The lowest BCUT2D eigenvalue weighted by Gasteiger charge is -2.18. The molecule has 0 amide bonds. The third kappa shape index (κ3) is 7.61. The van der Waals surface area contributed by atoms with Crippen LogP contribution in [-0.2, 0) is 10.8 Å². The Labute approximate surface area is 164 Å². The largest absolute Gasteiger partial charge is 0.357 e. The Balaban J connectivity index is 0.000000705. The monoisotopic (exact) mass is 449 g/mol. The van der Waals surface area contributed by atoms with Crippen LogP contribution in [0, 0.1) is 13.2 Å². The molecule has 0 bridgehead atoms. The van der Waals surface area contributed by atoms with E-state index in [1.807, 2.05) is 0 Å². The number of hydrogen-bond acceptors (Lipinski definition) is 0. The van der Waals surface area contributed by atoms with Gasteiger partial charge in [0.05, 0.1) is 6.92 Å². The molecule has 1 nitrogen and oxygen atoms in total. The molecule has 0 unspecified atom stereocenters. The fraction of sp³-hybridized carbons (Fsp3) is 0.435. The summed E-state index contributed by atoms with van der Waals surface area (Å²) in [7, 11) is 1.69. The van der Waals surface area contributed by atoms with Gasteiger partial charge in [-0.3, -0.25) is 0 Å². The lowest BCUT2D eigenvalue weighted by Crippen LogP contribution is -3.61. The Morgan fingerprint density at radius 3 is 1.16 bits per heavy atom. The molecule has 0 aliphatic carbocycles.